The van der Waals surface area contributed by atoms with Gasteiger partial charge >= 0.3 is 0 Å². The summed E-state index contributed by atoms with van der Waals surface area (Å²) in [5.41, 5.74) is 6.72. The largest absolute Gasteiger partial charge is 0.456 e. The lowest BCUT2D eigenvalue weighted by Gasteiger charge is -2.12. The topological polar surface area (TPSA) is 99.6 Å². The predicted octanol–water partition coefficient (Wildman–Crippen LogP) is 4.74. The van der Waals surface area contributed by atoms with Gasteiger partial charge in [-0.1, -0.05) is 54.6 Å². The number of benzene rings is 3. The number of hydrogen-bond acceptors (Lipinski definition) is 6. The number of sulfone groups is 1. The number of hydrogen-bond donors (Lipinski definition) is 1. The van der Waals surface area contributed by atoms with Crippen LogP contribution in [0.1, 0.15) is 11.1 Å². The third-order valence-electron chi connectivity index (χ3n) is 4.63. The third kappa shape index (κ3) is 4.36. The highest BCUT2D eigenvalue weighted by Crippen LogP contribution is 2.33. The van der Waals surface area contributed by atoms with Gasteiger partial charge in [0, 0.05) is 12.3 Å². The van der Waals surface area contributed by atoms with E-state index in [1.54, 1.807) is 36.4 Å². The molecule has 0 aliphatic rings. The monoisotopic (exact) mass is 433 g/mol. The molecule has 0 unspecified atom stereocenters. The first kappa shape index (κ1) is 20.4. The summed E-state index contributed by atoms with van der Waals surface area (Å²) in [7, 11) is -3.67. The number of ether oxygens (including phenoxy) is 1. The first-order valence-electron chi connectivity index (χ1n) is 9.39. The van der Waals surface area contributed by atoms with Gasteiger partial charge in [-0.25, -0.2) is 8.42 Å². The molecule has 0 radical (unpaired) electrons. The Kier molecular flexibility index (Phi) is 5.35. The highest BCUT2D eigenvalue weighted by Gasteiger charge is 2.20. The second-order valence-electron chi connectivity index (χ2n) is 6.94. The van der Waals surface area contributed by atoms with E-state index in [2.05, 4.69) is 0 Å². The van der Waals surface area contributed by atoms with Gasteiger partial charge in [0.25, 0.3) is 0 Å². The number of para-hydroxylation sites is 1. The molecule has 0 aliphatic carbocycles. The van der Waals surface area contributed by atoms with Crippen LogP contribution in [0.2, 0.25) is 0 Å². The maximum Gasteiger partial charge on any atom is 0.202 e. The van der Waals surface area contributed by atoms with Crippen LogP contribution in [0.4, 0.5) is 5.88 Å². The minimum atomic E-state index is -3.67. The van der Waals surface area contributed by atoms with Crippen LogP contribution in [0.5, 0.6) is 11.5 Å². The van der Waals surface area contributed by atoms with Crippen LogP contribution in [-0.4, -0.2) is 14.7 Å². The number of fused-ring (bicyclic) bond motifs is 1. The van der Waals surface area contributed by atoms with E-state index in [9.17, 15) is 13.2 Å². The van der Waals surface area contributed by atoms with Gasteiger partial charge in [0.1, 0.15) is 22.0 Å². The number of nitrogens with two attached hydrogens (primary N) is 1. The highest BCUT2D eigenvalue weighted by molar-refractivity contribution is 7.90. The highest BCUT2D eigenvalue weighted by atomic mass is 32.2. The van der Waals surface area contributed by atoms with Crippen molar-refractivity contribution >= 4 is 38.8 Å². The van der Waals surface area contributed by atoms with Crippen molar-refractivity contribution < 1.29 is 17.6 Å². The quantitative estimate of drug-likeness (QED) is 0.488. The molecule has 7 heteroatoms. The molecular weight excluding hydrogens is 414 g/mol. The molecule has 0 bridgehead atoms. The molecule has 0 saturated carbocycles. The van der Waals surface area contributed by atoms with E-state index >= 15 is 0 Å². The number of anilines is 1. The van der Waals surface area contributed by atoms with Crippen molar-refractivity contribution in [2.24, 2.45) is 0 Å². The Bertz CT molecular complexity index is 1440. The first-order chi connectivity index (χ1) is 14.8. The Morgan fingerprint density at radius 2 is 1.58 bits per heavy atom. The molecule has 4 aromatic rings. The zero-order valence-corrected chi connectivity index (χ0v) is 17.4. The van der Waals surface area contributed by atoms with Crippen LogP contribution >= 0.6 is 0 Å². The molecular formula is C24H19NO5S. The van der Waals surface area contributed by atoms with Crippen LogP contribution in [0.15, 0.2) is 86.9 Å². The van der Waals surface area contributed by atoms with Crippen LogP contribution in [-0.2, 0) is 9.84 Å². The lowest BCUT2D eigenvalue weighted by molar-refractivity contribution is 0.468. The van der Waals surface area contributed by atoms with Crippen molar-refractivity contribution in [3.05, 3.63) is 94.1 Å². The van der Waals surface area contributed by atoms with E-state index < -0.39 is 9.84 Å². The van der Waals surface area contributed by atoms with Crippen molar-refractivity contribution in [3.63, 3.8) is 0 Å². The summed E-state index contributed by atoms with van der Waals surface area (Å²) in [6.45, 7) is 0. The summed E-state index contributed by atoms with van der Waals surface area (Å²) in [6, 6.07) is 20.8. The van der Waals surface area contributed by atoms with Gasteiger partial charge in [-0.2, -0.15) is 0 Å². The number of rotatable bonds is 5. The van der Waals surface area contributed by atoms with Crippen molar-refractivity contribution in [2.75, 3.05) is 12.0 Å². The Morgan fingerprint density at radius 1 is 0.935 bits per heavy atom. The summed E-state index contributed by atoms with van der Waals surface area (Å²) < 4.78 is 36.1. The van der Waals surface area contributed by atoms with Gasteiger partial charge in [0.15, 0.2) is 9.84 Å². The van der Waals surface area contributed by atoms with Crippen LogP contribution in [0.25, 0.3) is 23.1 Å². The predicted molar refractivity (Wildman–Crippen MR) is 122 cm³/mol. The van der Waals surface area contributed by atoms with Gasteiger partial charge in [0.05, 0.1) is 10.9 Å². The second-order valence-corrected chi connectivity index (χ2v) is 8.92. The molecule has 6 nitrogen and oxygen atoms in total. The molecule has 1 heterocycles. The lowest BCUT2D eigenvalue weighted by atomic mass is 10.1. The van der Waals surface area contributed by atoms with Gasteiger partial charge in [-0.3, -0.25) is 4.79 Å². The molecule has 3 aromatic carbocycles. The molecule has 1 aromatic heterocycles. The Labute approximate surface area is 179 Å². The summed E-state index contributed by atoms with van der Waals surface area (Å²) in [5, 5.41) is 0.167. The van der Waals surface area contributed by atoms with Crippen molar-refractivity contribution in [2.45, 2.75) is 4.90 Å². The minimum absolute atomic E-state index is 0.0382. The lowest BCUT2D eigenvalue weighted by Crippen LogP contribution is -2.10. The fraction of sp³-hybridized carbons (Fsp3) is 0.0417. The molecule has 4 rings (SSSR count). The molecule has 31 heavy (non-hydrogen) atoms. The molecule has 0 aliphatic heterocycles. The third-order valence-corrected chi connectivity index (χ3v) is 5.75. The molecule has 0 atom stereocenters. The van der Waals surface area contributed by atoms with Crippen molar-refractivity contribution in [1.82, 2.24) is 0 Å². The van der Waals surface area contributed by atoms with Crippen LogP contribution in [0, 0.1) is 0 Å². The summed E-state index contributed by atoms with van der Waals surface area (Å²) in [6.07, 6.45) is 4.39. The maximum absolute atomic E-state index is 13.1. The SMILES string of the molecule is CS(=O)(=O)c1cc2oc(N)c(C=Cc3ccccc3)c(=O)c2cc1Oc1ccccc1. The van der Waals surface area contributed by atoms with Gasteiger partial charge in [0.2, 0.25) is 11.3 Å². The van der Waals surface area contributed by atoms with E-state index in [-0.39, 0.29) is 38.5 Å². The van der Waals surface area contributed by atoms with Gasteiger partial charge in [-0.05, 0) is 29.8 Å². The summed E-state index contributed by atoms with van der Waals surface area (Å²) in [5.74, 6) is 0.382. The molecule has 0 spiro atoms. The van der Waals surface area contributed by atoms with E-state index in [0.717, 1.165) is 11.8 Å². The molecule has 0 amide bonds. The van der Waals surface area contributed by atoms with Gasteiger partial charge in [-0.15, -0.1) is 0 Å². The average Bonchev–Trinajstić information content (AvgIpc) is 2.74. The average molecular weight is 433 g/mol. The normalized spacial score (nSPS) is 11.8. The molecule has 156 valence electrons. The fourth-order valence-corrected chi connectivity index (χ4v) is 3.91. The first-order valence-corrected chi connectivity index (χ1v) is 11.3. The minimum Gasteiger partial charge on any atom is -0.456 e. The maximum atomic E-state index is 13.1. The molecule has 0 saturated heterocycles. The fourth-order valence-electron chi connectivity index (χ4n) is 3.12. The van der Waals surface area contributed by atoms with Gasteiger partial charge < -0.3 is 14.9 Å². The molecule has 2 N–H and O–H groups in total. The van der Waals surface area contributed by atoms with Crippen LogP contribution < -0.4 is 15.9 Å². The second kappa shape index (κ2) is 8.12. The number of nitrogen functional groups attached to an aromatic ring is 1. The molecule has 0 fully saturated rings. The van der Waals surface area contributed by atoms with Crippen molar-refractivity contribution in [1.29, 1.82) is 0 Å². The zero-order chi connectivity index (χ0) is 22.0. The standard InChI is InChI=1S/C24H19NO5S/c1-31(27,28)22-15-20-19(14-21(22)29-17-10-6-3-7-11-17)23(26)18(24(25)30-20)13-12-16-8-4-2-5-9-16/h2-15H,25H2,1H3. The van der Waals surface area contributed by atoms with E-state index in [1.165, 1.54) is 12.1 Å². The van der Waals surface area contributed by atoms with E-state index in [4.69, 9.17) is 14.9 Å². The zero-order valence-electron chi connectivity index (χ0n) is 16.6. The van der Waals surface area contributed by atoms with E-state index in [0.29, 0.717) is 5.75 Å². The van der Waals surface area contributed by atoms with Crippen LogP contribution in [0.3, 0.4) is 0 Å². The summed E-state index contributed by atoms with van der Waals surface area (Å²) in [4.78, 5) is 13.0. The van der Waals surface area contributed by atoms with E-state index in [1.807, 2.05) is 36.4 Å². The Morgan fingerprint density at radius 3 is 2.23 bits per heavy atom. The van der Waals surface area contributed by atoms with Crippen molar-refractivity contribution in [3.8, 4) is 11.5 Å². The Balaban J connectivity index is 1.89. The Hall–Kier alpha value is -3.84. The smallest absolute Gasteiger partial charge is 0.202 e. The summed E-state index contributed by atoms with van der Waals surface area (Å²) >= 11 is 0.